The molecule has 1 N–H and O–H groups in total. The summed E-state index contributed by atoms with van der Waals surface area (Å²) >= 11 is 0. The summed E-state index contributed by atoms with van der Waals surface area (Å²) in [6.07, 6.45) is 4.43. The molecule has 1 atom stereocenters. The number of amides is 3. The van der Waals surface area contributed by atoms with Crippen molar-refractivity contribution >= 4 is 17.7 Å². The molecular weight excluding hydrogens is 394 g/mol. The van der Waals surface area contributed by atoms with E-state index < -0.39 is 0 Å². The second kappa shape index (κ2) is 9.81. The first-order chi connectivity index (χ1) is 15.1. The van der Waals surface area contributed by atoms with Gasteiger partial charge in [0.1, 0.15) is 0 Å². The number of likely N-dealkylation sites (tertiary alicyclic amines) is 2. The van der Waals surface area contributed by atoms with Crippen molar-refractivity contribution < 1.29 is 18.8 Å². The summed E-state index contributed by atoms with van der Waals surface area (Å²) in [5.41, 5.74) is 1.08. The molecule has 7 heteroatoms. The molecule has 2 aliphatic heterocycles. The SMILES string of the molecule is O=C(NCc1ccccc1)C1CCN(C(=O)[C@H]2CCCN(C(=O)c3ccco3)C2)CC1. The van der Waals surface area contributed by atoms with Gasteiger partial charge in [0.05, 0.1) is 12.2 Å². The first-order valence-corrected chi connectivity index (χ1v) is 11.0. The van der Waals surface area contributed by atoms with E-state index in [9.17, 15) is 14.4 Å². The molecule has 3 amide bonds. The van der Waals surface area contributed by atoms with E-state index in [1.807, 2.05) is 35.2 Å². The van der Waals surface area contributed by atoms with E-state index in [-0.39, 0.29) is 29.6 Å². The van der Waals surface area contributed by atoms with Crippen LogP contribution in [0.5, 0.6) is 0 Å². The number of nitrogens with one attached hydrogen (secondary N) is 1. The number of nitrogens with zero attached hydrogens (tertiary/aromatic N) is 2. The molecule has 2 saturated heterocycles. The zero-order valence-electron chi connectivity index (χ0n) is 17.7. The van der Waals surface area contributed by atoms with Crippen LogP contribution in [0.1, 0.15) is 41.8 Å². The maximum absolute atomic E-state index is 13.1. The predicted molar refractivity (Wildman–Crippen MR) is 115 cm³/mol. The van der Waals surface area contributed by atoms with Crippen molar-refractivity contribution in [1.82, 2.24) is 15.1 Å². The molecule has 0 radical (unpaired) electrons. The Hall–Kier alpha value is -3.09. The van der Waals surface area contributed by atoms with Crippen molar-refractivity contribution in [3.63, 3.8) is 0 Å². The normalized spacial score (nSPS) is 19.8. The van der Waals surface area contributed by atoms with Gasteiger partial charge in [-0.05, 0) is 43.4 Å². The predicted octanol–water partition coefficient (Wildman–Crippen LogP) is 2.69. The standard InChI is InChI=1S/C24H29N3O4/c28-22(25-16-18-6-2-1-3-7-18)19-10-13-26(14-11-19)23(29)20-8-4-12-27(17-20)24(30)21-9-5-15-31-21/h1-3,5-7,9,15,19-20H,4,8,10-14,16-17H2,(H,25,28)/t20-/m0/s1. The van der Waals surface area contributed by atoms with Gasteiger partial charge < -0.3 is 19.5 Å². The Labute approximate surface area is 182 Å². The lowest BCUT2D eigenvalue weighted by atomic mass is 9.92. The van der Waals surface area contributed by atoms with Crippen molar-refractivity contribution in [3.05, 3.63) is 60.1 Å². The highest BCUT2D eigenvalue weighted by molar-refractivity contribution is 5.92. The lowest BCUT2D eigenvalue weighted by molar-refractivity contribution is -0.140. The van der Waals surface area contributed by atoms with Gasteiger partial charge in [-0.25, -0.2) is 0 Å². The fourth-order valence-electron chi connectivity index (χ4n) is 4.47. The monoisotopic (exact) mass is 423 g/mol. The number of benzene rings is 1. The number of carbonyl (C=O) groups excluding carboxylic acids is 3. The minimum absolute atomic E-state index is 0.0591. The largest absolute Gasteiger partial charge is 0.459 e. The van der Waals surface area contributed by atoms with Crippen LogP contribution in [0.25, 0.3) is 0 Å². The van der Waals surface area contributed by atoms with Gasteiger partial charge in [0.25, 0.3) is 5.91 Å². The second-order valence-electron chi connectivity index (χ2n) is 8.37. The van der Waals surface area contributed by atoms with Crippen LogP contribution in [-0.2, 0) is 16.1 Å². The van der Waals surface area contributed by atoms with Crippen molar-refractivity contribution in [3.8, 4) is 0 Å². The van der Waals surface area contributed by atoms with E-state index >= 15 is 0 Å². The molecule has 1 aromatic heterocycles. The molecule has 0 spiro atoms. The van der Waals surface area contributed by atoms with Crippen LogP contribution >= 0.6 is 0 Å². The molecule has 2 fully saturated rings. The Kier molecular flexibility index (Phi) is 6.70. The number of hydrogen-bond donors (Lipinski definition) is 1. The first kappa shape index (κ1) is 21.2. The number of rotatable bonds is 5. The average Bonchev–Trinajstić information content (AvgIpc) is 3.37. The van der Waals surface area contributed by atoms with Gasteiger partial charge in [-0.15, -0.1) is 0 Å². The lowest BCUT2D eigenvalue weighted by Crippen LogP contribution is -2.49. The molecule has 7 nitrogen and oxygen atoms in total. The third-order valence-electron chi connectivity index (χ3n) is 6.28. The molecule has 0 saturated carbocycles. The van der Waals surface area contributed by atoms with Gasteiger partial charge >= 0.3 is 0 Å². The Bertz CT molecular complexity index is 889. The highest BCUT2D eigenvalue weighted by atomic mass is 16.3. The Morgan fingerprint density at radius 2 is 1.68 bits per heavy atom. The minimum Gasteiger partial charge on any atom is -0.459 e. The molecule has 2 aliphatic rings. The van der Waals surface area contributed by atoms with Gasteiger partial charge in [0.2, 0.25) is 11.8 Å². The van der Waals surface area contributed by atoms with Gasteiger partial charge in [-0.1, -0.05) is 30.3 Å². The third-order valence-corrected chi connectivity index (χ3v) is 6.28. The van der Waals surface area contributed by atoms with Gasteiger partial charge in [0.15, 0.2) is 5.76 Å². The molecule has 3 heterocycles. The Morgan fingerprint density at radius 1 is 0.903 bits per heavy atom. The van der Waals surface area contributed by atoms with Crippen LogP contribution in [0.4, 0.5) is 0 Å². The first-order valence-electron chi connectivity index (χ1n) is 11.0. The highest BCUT2D eigenvalue weighted by Gasteiger charge is 2.34. The summed E-state index contributed by atoms with van der Waals surface area (Å²) in [5.74, 6) is 0.0721. The van der Waals surface area contributed by atoms with E-state index in [4.69, 9.17) is 4.42 Å². The van der Waals surface area contributed by atoms with Gasteiger partial charge in [0, 0.05) is 38.6 Å². The molecule has 0 bridgehead atoms. The molecule has 2 aromatic rings. The van der Waals surface area contributed by atoms with Crippen molar-refractivity contribution in [2.75, 3.05) is 26.2 Å². The zero-order valence-corrected chi connectivity index (χ0v) is 17.7. The van der Waals surface area contributed by atoms with Crippen molar-refractivity contribution in [2.24, 2.45) is 11.8 Å². The summed E-state index contributed by atoms with van der Waals surface area (Å²) in [6.45, 7) is 2.78. The maximum atomic E-state index is 13.1. The molecule has 164 valence electrons. The molecule has 0 aliphatic carbocycles. The summed E-state index contributed by atoms with van der Waals surface area (Å²) in [4.78, 5) is 41.7. The molecule has 0 unspecified atom stereocenters. The number of carbonyl (C=O) groups is 3. The van der Waals surface area contributed by atoms with Crippen LogP contribution in [0.15, 0.2) is 53.1 Å². The number of piperidine rings is 2. The van der Waals surface area contributed by atoms with Crippen LogP contribution in [0, 0.1) is 11.8 Å². The van der Waals surface area contributed by atoms with E-state index in [0.29, 0.717) is 51.3 Å². The zero-order chi connectivity index (χ0) is 21.6. The van der Waals surface area contributed by atoms with E-state index in [2.05, 4.69) is 5.32 Å². The van der Waals surface area contributed by atoms with E-state index in [0.717, 1.165) is 18.4 Å². The second-order valence-corrected chi connectivity index (χ2v) is 8.37. The number of hydrogen-bond acceptors (Lipinski definition) is 4. The maximum Gasteiger partial charge on any atom is 0.289 e. The fourth-order valence-corrected chi connectivity index (χ4v) is 4.47. The smallest absolute Gasteiger partial charge is 0.289 e. The van der Waals surface area contributed by atoms with Crippen LogP contribution in [0.3, 0.4) is 0 Å². The number of furan rings is 1. The van der Waals surface area contributed by atoms with Gasteiger partial charge in [-0.2, -0.15) is 0 Å². The van der Waals surface area contributed by atoms with Crippen LogP contribution in [0.2, 0.25) is 0 Å². The fraction of sp³-hybridized carbons (Fsp3) is 0.458. The third kappa shape index (κ3) is 5.16. The Balaban J connectivity index is 1.25. The van der Waals surface area contributed by atoms with Crippen molar-refractivity contribution in [1.29, 1.82) is 0 Å². The van der Waals surface area contributed by atoms with E-state index in [1.54, 1.807) is 17.0 Å². The average molecular weight is 424 g/mol. The topological polar surface area (TPSA) is 82.9 Å². The van der Waals surface area contributed by atoms with Crippen LogP contribution < -0.4 is 5.32 Å². The molecular formula is C24H29N3O4. The quantitative estimate of drug-likeness (QED) is 0.802. The summed E-state index contributed by atoms with van der Waals surface area (Å²) in [6, 6.07) is 13.2. The van der Waals surface area contributed by atoms with E-state index in [1.165, 1.54) is 6.26 Å². The molecule has 31 heavy (non-hydrogen) atoms. The highest BCUT2D eigenvalue weighted by Crippen LogP contribution is 2.24. The van der Waals surface area contributed by atoms with Gasteiger partial charge in [-0.3, -0.25) is 14.4 Å². The summed E-state index contributed by atoms with van der Waals surface area (Å²) in [7, 11) is 0. The molecule has 4 rings (SSSR count). The summed E-state index contributed by atoms with van der Waals surface area (Å²) in [5, 5.41) is 3.01. The minimum atomic E-state index is -0.184. The molecule has 1 aromatic carbocycles. The van der Waals surface area contributed by atoms with Crippen LogP contribution in [-0.4, -0.2) is 53.7 Å². The summed E-state index contributed by atoms with van der Waals surface area (Å²) < 4.78 is 5.22. The van der Waals surface area contributed by atoms with Crippen molar-refractivity contribution in [2.45, 2.75) is 32.2 Å². The Morgan fingerprint density at radius 3 is 2.39 bits per heavy atom. The lowest BCUT2D eigenvalue weighted by Gasteiger charge is -2.37.